The molecule has 41 heavy (non-hydrogen) atoms. The van der Waals surface area contributed by atoms with Crippen LogP contribution in [0.4, 0.5) is 10.5 Å². The number of aryl methyl sites for hydroxylation is 1. The van der Waals surface area contributed by atoms with Gasteiger partial charge in [-0.2, -0.15) is 0 Å². The summed E-state index contributed by atoms with van der Waals surface area (Å²) in [6.45, 7) is 5.79. The molecule has 2 aromatic carbocycles. The van der Waals surface area contributed by atoms with E-state index in [0.717, 1.165) is 35.3 Å². The van der Waals surface area contributed by atoms with Crippen LogP contribution in [0.2, 0.25) is 19.1 Å². The van der Waals surface area contributed by atoms with Crippen molar-refractivity contribution in [2.75, 3.05) is 18.9 Å². The van der Waals surface area contributed by atoms with E-state index in [1.54, 1.807) is 29.2 Å². The molecular weight excluding hydrogens is 538 g/mol. The average Bonchev–Trinajstić information content (AvgIpc) is 3.28. The fourth-order valence-corrected chi connectivity index (χ4v) is 8.71. The number of nitrogen functional groups attached to an aromatic ring is 1. The fraction of sp³-hybridized carbons (Fsp3) is 0.467. The molecule has 4 atom stereocenters. The molecule has 0 aromatic heterocycles. The van der Waals surface area contributed by atoms with Crippen LogP contribution < -0.4 is 16.4 Å². The van der Waals surface area contributed by atoms with Crippen molar-refractivity contribution in [2.24, 2.45) is 0 Å². The average molecular weight is 580 g/mol. The molecule has 4 amide bonds. The predicted molar refractivity (Wildman–Crippen MR) is 160 cm³/mol. The number of carbonyl (C=O) groups is 4. The van der Waals surface area contributed by atoms with Crippen LogP contribution in [-0.2, 0) is 27.2 Å². The van der Waals surface area contributed by atoms with E-state index in [1.165, 1.54) is 19.5 Å². The minimum Gasteiger partial charge on any atom is -0.465 e. The second-order valence-corrected chi connectivity index (χ2v) is 17.1. The van der Waals surface area contributed by atoms with Gasteiger partial charge in [0.2, 0.25) is 17.7 Å². The highest BCUT2D eigenvalue weighted by Crippen LogP contribution is 2.32. The Hall–Kier alpha value is -3.86. The van der Waals surface area contributed by atoms with Crippen molar-refractivity contribution in [3.8, 4) is 0 Å². The van der Waals surface area contributed by atoms with Gasteiger partial charge in [0.25, 0.3) is 0 Å². The van der Waals surface area contributed by atoms with Crippen molar-refractivity contribution in [3.63, 3.8) is 0 Å². The number of hydrogen-bond acceptors (Lipinski definition) is 5. The standard InChI is InChI=1S/C30H41N5O5Si/c1-19(34(2)30(39)40)27(36)33-25(16-20-12-14-22(31)15-13-20)29(38)35-18-41(3,4)17-26(35)28(37)32-24-11-7-9-21-8-5-6-10-23(21)24/h5-6,8,10,12-15,19,24-26H,7,9,11,16-18,31H2,1-4H3,(H,32,37)(H,33,36)(H,39,40)/t19?,24?,25-,26+/m0/s1. The van der Waals surface area contributed by atoms with Gasteiger partial charge in [0.05, 0.1) is 14.1 Å². The number of fused-ring (bicyclic) bond motifs is 1. The molecule has 1 heterocycles. The van der Waals surface area contributed by atoms with Crippen molar-refractivity contribution in [2.45, 2.75) is 75.9 Å². The third-order valence-electron chi connectivity index (χ3n) is 8.29. The molecule has 5 N–H and O–H groups in total. The predicted octanol–water partition coefficient (Wildman–Crippen LogP) is 2.95. The summed E-state index contributed by atoms with van der Waals surface area (Å²) in [5.74, 6) is -1.10. The maximum absolute atomic E-state index is 14.2. The van der Waals surface area contributed by atoms with E-state index < -0.39 is 38.2 Å². The van der Waals surface area contributed by atoms with Crippen molar-refractivity contribution in [1.29, 1.82) is 0 Å². The van der Waals surface area contributed by atoms with Gasteiger partial charge in [0.1, 0.15) is 18.1 Å². The maximum atomic E-state index is 14.2. The Morgan fingerprint density at radius 3 is 2.49 bits per heavy atom. The molecule has 220 valence electrons. The maximum Gasteiger partial charge on any atom is 0.407 e. The first kappa shape index (κ1) is 30.1. The normalized spacial score (nSPS) is 20.8. The number of carbonyl (C=O) groups excluding carboxylic acids is 3. The lowest BCUT2D eigenvalue weighted by atomic mass is 9.87. The summed E-state index contributed by atoms with van der Waals surface area (Å²) in [6.07, 6.45) is 2.23. The minimum absolute atomic E-state index is 0.104. The molecule has 2 aliphatic rings. The number of hydrogen-bond donors (Lipinski definition) is 4. The highest BCUT2D eigenvalue weighted by atomic mass is 28.3. The lowest BCUT2D eigenvalue weighted by Crippen LogP contribution is -2.57. The van der Waals surface area contributed by atoms with E-state index in [1.807, 2.05) is 12.1 Å². The van der Waals surface area contributed by atoms with Crippen LogP contribution in [0.15, 0.2) is 48.5 Å². The zero-order chi connectivity index (χ0) is 29.9. The zero-order valence-corrected chi connectivity index (χ0v) is 25.2. The Kier molecular flexibility index (Phi) is 9.06. The Morgan fingerprint density at radius 2 is 1.80 bits per heavy atom. The van der Waals surface area contributed by atoms with Crippen molar-refractivity contribution >= 4 is 37.6 Å². The van der Waals surface area contributed by atoms with Crippen LogP contribution in [0.3, 0.4) is 0 Å². The number of anilines is 1. The third-order valence-corrected chi connectivity index (χ3v) is 11.0. The second-order valence-electron chi connectivity index (χ2n) is 12.1. The molecule has 0 spiro atoms. The molecule has 0 radical (unpaired) electrons. The number of nitrogens with two attached hydrogens (primary N) is 1. The SMILES string of the molecule is CC(C(=O)N[C@@H](Cc1ccc(N)cc1)C(=O)N1C[Si](C)(C)C[C@@H]1C(=O)NC1CCCc2ccccc21)N(C)C(=O)O. The van der Waals surface area contributed by atoms with E-state index >= 15 is 0 Å². The van der Waals surface area contributed by atoms with Crippen LogP contribution in [0.1, 0.15) is 42.5 Å². The number of carboxylic acid groups (broad SMARTS) is 1. The van der Waals surface area contributed by atoms with Crippen LogP contribution in [0.5, 0.6) is 0 Å². The Morgan fingerprint density at radius 1 is 1.12 bits per heavy atom. The molecular formula is C30H41N5O5Si. The topological polar surface area (TPSA) is 145 Å². The first-order valence-corrected chi connectivity index (χ1v) is 17.6. The summed E-state index contributed by atoms with van der Waals surface area (Å²) >= 11 is 0. The first-order chi connectivity index (χ1) is 19.4. The molecule has 4 rings (SSSR count). The number of likely N-dealkylation sites (N-methyl/N-ethyl adjacent to an activating group) is 1. The van der Waals surface area contributed by atoms with E-state index in [9.17, 15) is 24.3 Å². The minimum atomic E-state index is -1.94. The van der Waals surface area contributed by atoms with Crippen molar-refractivity contribution in [3.05, 3.63) is 65.2 Å². The molecule has 10 nitrogen and oxygen atoms in total. The van der Waals surface area contributed by atoms with E-state index in [2.05, 4.69) is 35.9 Å². The summed E-state index contributed by atoms with van der Waals surface area (Å²) in [5.41, 5.74) is 9.57. The number of amides is 4. The van der Waals surface area contributed by atoms with Gasteiger partial charge < -0.3 is 26.4 Å². The van der Waals surface area contributed by atoms with E-state index in [-0.39, 0.29) is 24.3 Å². The number of rotatable bonds is 8. The molecule has 11 heteroatoms. The van der Waals surface area contributed by atoms with Gasteiger partial charge in [-0.15, -0.1) is 0 Å². The molecule has 1 aliphatic heterocycles. The Bertz CT molecular complexity index is 1300. The molecule has 0 saturated carbocycles. The summed E-state index contributed by atoms with van der Waals surface area (Å²) in [5, 5.41) is 15.4. The Labute approximate surface area is 242 Å². The van der Waals surface area contributed by atoms with Gasteiger partial charge in [0.15, 0.2) is 0 Å². The lowest BCUT2D eigenvalue weighted by Gasteiger charge is -2.32. The van der Waals surface area contributed by atoms with Gasteiger partial charge in [0, 0.05) is 25.3 Å². The monoisotopic (exact) mass is 579 g/mol. The number of nitrogens with one attached hydrogen (secondary N) is 2. The number of benzene rings is 2. The van der Waals surface area contributed by atoms with Gasteiger partial charge in [-0.05, 0) is 61.1 Å². The number of nitrogens with zero attached hydrogens (tertiary/aromatic N) is 2. The summed E-state index contributed by atoms with van der Waals surface area (Å²) in [7, 11) is -0.633. The summed E-state index contributed by atoms with van der Waals surface area (Å²) < 4.78 is 0. The molecule has 2 aromatic rings. The van der Waals surface area contributed by atoms with Gasteiger partial charge in [-0.25, -0.2) is 4.79 Å². The van der Waals surface area contributed by atoms with Crippen molar-refractivity contribution in [1.82, 2.24) is 20.4 Å². The quantitative estimate of drug-likeness (QED) is 0.280. The largest absolute Gasteiger partial charge is 0.465 e. The smallest absolute Gasteiger partial charge is 0.407 e. The molecule has 1 aliphatic carbocycles. The summed E-state index contributed by atoms with van der Waals surface area (Å²) in [6, 6.07) is 13.1. The van der Waals surface area contributed by atoms with Crippen LogP contribution in [-0.4, -0.2) is 78.1 Å². The highest BCUT2D eigenvalue weighted by Gasteiger charge is 2.47. The van der Waals surface area contributed by atoms with Crippen LogP contribution in [0, 0.1) is 0 Å². The lowest BCUT2D eigenvalue weighted by molar-refractivity contribution is -0.141. The molecule has 0 bridgehead atoms. The fourth-order valence-electron chi connectivity index (χ4n) is 5.83. The highest BCUT2D eigenvalue weighted by molar-refractivity contribution is 6.79. The molecule has 2 unspecified atom stereocenters. The summed E-state index contributed by atoms with van der Waals surface area (Å²) in [4.78, 5) is 55.0. The van der Waals surface area contributed by atoms with Gasteiger partial charge >= 0.3 is 6.09 Å². The third kappa shape index (κ3) is 7.08. The van der Waals surface area contributed by atoms with Gasteiger partial charge in [-0.1, -0.05) is 49.5 Å². The molecule has 1 fully saturated rings. The van der Waals surface area contributed by atoms with Crippen molar-refractivity contribution < 1.29 is 24.3 Å². The van der Waals surface area contributed by atoms with E-state index in [4.69, 9.17) is 5.73 Å². The second kappa shape index (κ2) is 12.3. The molecule has 1 saturated heterocycles. The first-order valence-electron chi connectivity index (χ1n) is 14.2. The van der Waals surface area contributed by atoms with Crippen LogP contribution in [0.25, 0.3) is 0 Å². The Balaban J connectivity index is 1.58. The van der Waals surface area contributed by atoms with Gasteiger partial charge in [-0.3, -0.25) is 19.3 Å². The van der Waals surface area contributed by atoms with E-state index in [0.29, 0.717) is 17.9 Å². The zero-order valence-electron chi connectivity index (χ0n) is 24.2. The van der Waals surface area contributed by atoms with Crippen LogP contribution >= 0.6 is 0 Å².